The van der Waals surface area contributed by atoms with Crippen molar-refractivity contribution in [2.24, 2.45) is 5.73 Å². The topological polar surface area (TPSA) is 147 Å². The molecule has 0 aromatic carbocycles. The first-order chi connectivity index (χ1) is 28.3. The van der Waals surface area contributed by atoms with Crippen molar-refractivity contribution in [2.45, 2.75) is 212 Å². The van der Waals surface area contributed by atoms with Crippen LogP contribution in [-0.2, 0) is 37.4 Å². The van der Waals surface area contributed by atoms with Gasteiger partial charge >= 0.3 is 19.8 Å². The van der Waals surface area contributed by atoms with Crippen molar-refractivity contribution in [3.63, 3.8) is 0 Å². The van der Waals surface area contributed by atoms with Crippen LogP contribution >= 0.6 is 7.82 Å². The molecule has 0 radical (unpaired) electrons. The molecule has 0 spiro atoms. The highest BCUT2D eigenvalue weighted by molar-refractivity contribution is 7.47. The third-order valence-corrected chi connectivity index (χ3v) is 11.1. The maximum atomic E-state index is 12.6. The Kier molecular flexibility index (Phi) is 36.4. The van der Waals surface area contributed by atoms with E-state index in [1.807, 2.05) is 0 Å². The highest BCUT2D eigenvalue weighted by Gasteiger charge is 2.36. The fourth-order valence-corrected chi connectivity index (χ4v) is 7.30. The summed E-state index contributed by atoms with van der Waals surface area (Å²) in [6, 6.07) is 0. The van der Waals surface area contributed by atoms with E-state index in [2.05, 4.69) is 62.5 Å². The van der Waals surface area contributed by atoms with Crippen LogP contribution in [0, 0.1) is 0 Å². The number of ether oxygens (including phenoxy) is 3. The highest BCUT2D eigenvalue weighted by atomic mass is 31.2. The molecular weight excluding hydrogens is 753 g/mol. The largest absolute Gasteiger partial charge is 0.472 e. The number of carbonyl (C=O) groups is 2. The van der Waals surface area contributed by atoms with E-state index in [1.54, 1.807) is 0 Å². The standard InChI is InChI=1S/C47H84NO9P/c1-3-5-7-9-11-13-15-17-18-19-20-21-22-23-25-27-29-31-33-37-47(50)56-43(42-55-58(51,52)54-40-39-48)41-53-46(49)38-34-36-45-44(57-45)35-32-30-28-26-24-16-14-12-10-8-6-4-2/h12,14,17-18,24,26,30,32,43-45H,3-11,13,15-16,19-23,25,27-29,31,33-42,48H2,1-2H3,(H,51,52)/b14-12-,18-17-,26-24-,32-30-/t43-,44?,45?/m1/s1. The third kappa shape index (κ3) is 35.8. The van der Waals surface area contributed by atoms with E-state index in [4.69, 9.17) is 29.0 Å². The summed E-state index contributed by atoms with van der Waals surface area (Å²) in [5.74, 6) is -0.906. The molecular formula is C47H84NO9P. The molecule has 58 heavy (non-hydrogen) atoms. The number of epoxide rings is 1. The summed E-state index contributed by atoms with van der Waals surface area (Å²) in [5, 5.41) is 0. The molecule has 1 rings (SSSR count). The van der Waals surface area contributed by atoms with Gasteiger partial charge in [-0.25, -0.2) is 4.57 Å². The van der Waals surface area contributed by atoms with Crippen LogP contribution in [0.25, 0.3) is 0 Å². The van der Waals surface area contributed by atoms with Crippen LogP contribution in [0.1, 0.15) is 194 Å². The molecule has 0 aliphatic carbocycles. The van der Waals surface area contributed by atoms with Gasteiger partial charge in [0.2, 0.25) is 0 Å². The fraction of sp³-hybridized carbons (Fsp3) is 0.787. The molecule has 3 N–H and O–H groups in total. The summed E-state index contributed by atoms with van der Waals surface area (Å²) in [6.45, 7) is 3.62. The van der Waals surface area contributed by atoms with Crippen LogP contribution in [0.2, 0.25) is 0 Å². The van der Waals surface area contributed by atoms with E-state index in [1.165, 1.54) is 109 Å². The number of esters is 2. The fourth-order valence-electron chi connectivity index (χ4n) is 6.54. The lowest BCUT2D eigenvalue weighted by Crippen LogP contribution is -2.29. The zero-order chi connectivity index (χ0) is 42.2. The summed E-state index contributed by atoms with van der Waals surface area (Å²) in [4.78, 5) is 35.1. The molecule has 0 aromatic rings. The predicted octanol–water partition coefficient (Wildman–Crippen LogP) is 12.5. The number of hydrogen-bond donors (Lipinski definition) is 2. The van der Waals surface area contributed by atoms with E-state index >= 15 is 0 Å². The Morgan fingerprint density at radius 3 is 1.74 bits per heavy atom. The summed E-state index contributed by atoms with van der Waals surface area (Å²) in [7, 11) is -4.40. The maximum Gasteiger partial charge on any atom is 0.472 e. The summed E-state index contributed by atoms with van der Waals surface area (Å²) < 4.78 is 38.6. The number of phosphoric ester groups is 1. The second-order valence-corrected chi connectivity index (χ2v) is 17.1. The second-order valence-electron chi connectivity index (χ2n) is 15.7. The van der Waals surface area contributed by atoms with Crippen molar-refractivity contribution in [3.8, 4) is 0 Å². The Morgan fingerprint density at radius 2 is 1.12 bits per heavy atom. The van der Waals surface area contributed by atoms with E-state index in [-0.39, 0.29) is 44.8 Å². The first-order valence-electron chi connectivity index (χ1n) is 23.2. The molecule has 1 fully saturated rings. The summed E-state index contributed by atoms with van der Waals surface area (Å²) >= 11 is 0. The molecule has 0 amide bonds. The molecule has 1 saturated heterocycles. The molecule has 3 unspecified atom stereocenters. The number of hydrogen-bond acceptors (Lipinski definition) is 9. The number of phosphoric acid groups is 1. The van der Waals surface area contributed by atoms with Crippen molar-refractivity contribution >= 4 is 19.8 Å². The Bertz CT molecular complexity index is 1160. The zero-order valence-electron chi connectivity index (χ0n) is 36.7. The van der Waals surface area contributed by atoms with Crippen LogP contribution in [0.15, 0.2) is 48.6 Å². The zero-order valence-corrected chi connectivity index (χ0v) is 37.6. The summed E-state index contributed by atoms with van der Waals surface area (Å²) in [6.07, 6.45) is 47.3. The van der Waals surface area contributed by atoms with Crippen LogP contribution < -0.4 is 5.73 Å². The van der Waals surface area contributed by atoms with Crippen molar-refractivity contribution in [2.75, 3.05) is 26.4 Å². The Balaban J connectivity index is 2.20. The molecule has 0 bridgehead atoms. The number of carbonyl (C=O) groups excluding carboxylic acids is 2. The van der Waals surface area contributed by atoms with Gasteiger partial charge in [-0.3, -0.25) is 18.6 Å². The average molecular weight is 838 g/mol. The van der Waals surface area contributed by atoms with Gasteiger partial charge < -0.3 is 24.8 Å². The first kappa shape index (κ1) is 53.9. The second kappa shape index (κ2) is 39.1. The molecule has 0 aromatic heterocycles. The lowest BCUT2D eigenvalue weighted by Gasteiger charge is -2.19. The Morgan fingerprint density at radius 1 is 0.621 bits per heavy atom. The van der Waals surface area contributed by atoms with Gasteiger partial charge in [0.15, 0.2) is 6.10 Å². The molecule has 4 atom stereocenters. The van der Waals surface area contributed by atoms with Crippen LogP contribution in [0.3, 0.4) is 0 Å². The van der Waals surface area contributed by atoms with Crippen molar-refractivity contribution in [3.05, 3.63) is 48.6 Å². The predicted molar refractivity (Wildman–Crippen MR) is 237 cm³/mol. The number of unbranched alkanes of at least 4 members (excludes halogenated alkanes) is 18. The molecule has 10 nitrogen and oxygen atoms in total. The Hall–Kier alpha value is -2.07. The van der Waals surface area contributed by atoms with Crippen LogP contribution in [-0.4, -0.2) is 61.5 Å². The highest BCUT2D eigenvalue weighted by Crippen LogP contribution is 2.43. The minimum absolute atomic E-state index is 0.0414. The lowest BCUT2D eigenvalue weighted by molar-refractivity contribution is -0.161. The van der Waals surface area contributed by atoms with Gasteiger partial charge in [0, 0.05) is 19.4 Å². The maximum absolute atomic E-state index is 12.6. The van der Waals surface area contributed by atoms with Crippen molar-refractivity contribution in [1.82, 2.24) is 0 Å². The average Bonchev–Trinajstić information content (AvgIpc) is 3.97. The van der Waals surface area contributed by atoms with Crippen LogP contribution in [0.4, 0.5) is 0 Å². The van der Waals surface area contributed by atoms with Gasteiger partial charge in [0.05, 0.1) is 25.4 Å². The normalized spacial score (nSPS) is 17.2. The van der Waals surface area contributed by atoms with Crippen LogP contribution in [0.5, 0.6) is 0 Å². The number of nitrogens with two attached hydrogens (primary N) is 1. The van der Waals surface area contributed by atoms with Gasteiger partial charge in [-0.15, -0.1) is 0 Å². The number of rotatable bonds is 42. The van der Waals surface area contributed by atoms with Gasteiger partial charge in [0.25, 0.3) is 0 Å². The van der Waals surface area contributed by atoms with E-state index in [0.29, 0.717) is 12.8 Å². The van der Waals surface area contributed by atoms with Gasteiger partial charge in [0.1, 0.15) is 6.61 Å². The van der Waals surface area contributed by atoms with Gasteiger partial charge in [-0.1, -0.05) is 152 Å². The molecule has 11 heteroatoms. The first-order valence-corrected chi connectivity index (χ1v) is 24.7. The van der Waals surface area contributed by atoms with E-state index in [9.17, 15) is 19.0 Å². The monoisotopic (exact) mass is 838 g/mol. The molecule has 1 aliphatic rings. The van der Waals surface area contributed by atoms with E-state index < -0.39 is 32.5 Å². The lowest BCUT2D eigenvalue weighted by atomic mass is 10.1. The number of allylic oxidation sites excluding steroid dienone is 7. The summed E-state index contributed by atoms with van der Waals surface area (Å²) in [5.41, 5.74) is 5.36. The SMILES string of the molecule is CCCCC/C=C\C/C=C\C/C=C\CC1OC1CCCC(=O)OC[C@H](COP(=O)(O)OCCN)OC(=O)CCCCCCCCCCC/C=C\CCCCCCCC. The molecule has 0 saturated carbocycles. The molecule has 1 heterocycles. The van der Waals surface area contributed by atoms with Crippen molar-refractivity contribution in [1.29, 1.82) is 0 Å². The third-order valence-electron chi connectivity index (χ3n) is 10.1. The quantitative estimate of drug-likeness (QED) is 0.0200. The minimum atomic E-state index is -4.40. The smallest absolute Gasteiger partial charge is 0.462 e. The van der Waals surface area contributed by atoms with Crippen molar-refractivity contribution < 1.29 is 42.3 Å². The van der Waals surface area contributed by atoms with Gasteiger partial charge in [-0.2, -0.15) is 0 Å². The van der Waals surface area contributed by atoms with Gasteiger partial charge in [-0.05, 0) is 77.0 Å². The molecule has 1 aliphatic heterocycles. The van der Waals surface area contributed by atoms with E-state index in [0.717, 1.165) is 44.9 Å². The molecule has 336 valence electrons. The Labute approximate surface area is 353 Å². The minimum Gasteiger partial charge on any atom is -0.462 e.